The SMILES string of the molecule is CC(=O)O.CN1C=CC=CC1C=NO.I. The molecule has 6 heteroatoms. The molecule has 1 heterocycles. The fourth-order valence-electron chi connectivity index (χ4n) is 0.822. The monoisotopic (exact) mass is 326 g/mol. The van der Waals surface area contributed by atoms with Crippen LogP contribution in [0.2, 0.25) is 0 Å². The molecule has 1 atom stereocenters. The van der Waals surface area contributed by atoms with Crippen LogP contribution in [0.5, 0.6) is 0 Å². The summed E-state index contributed by atoms with van der Waals surface area (Å²) >= 11 is 0. The Morgan fingerprint density at radius 3 is 2.47 bits per heavy atom. The lowest BCUT2D eigenvalue weighted by Gasteiger charge is -2.21. The summed E-state index contributed by atoms with van der Waals surface area (Å²) in [6.45, 7) is 1.08. The predicted octanol–water partition coefficient (Wildman–Crippen LogP) is 1.54. The maximum Gasteiger partial charge on any atom is 0.300 e. The molecule has 0 amide bonds. The average molecular weight is 326 g/mol. The first-order chi connectivity index (χ1) is 6.57. The minimum Gasteiger partial charge on any atom is -0.481 e. The zero-order valence-corrected chi connectivity index (χ0v) is 10.9. The quantitative estimate of drug-likeness (QED) is 0.332. The number of halogens is 1. The number of oxime groups is 1. The summed E-state index contributed by atoms with van der Waals surface area (Å²) in [4.78, 5) is 10.9. The van der Waals surface area contributed by atoms with Gasteiger partial charge in [0.2, 0.25) is 0 Å². The average Bonchev–Trinajstić information content (AvgIpc) is 2.08. The van der Waals surface area contributed by atoms with Crippen LogP contribution in [-0.4, -0.2) is 40.5 Å². The molecule has 0 spiro atoms. The second-order valence-electron chi connectivity index (χ2n) is 2.67. The topological polar surface area (TPSA) is 73.1 Å². The molecule has 1 rings (SSSR count). The van der Waals surface area contributed by atoms with Crippen LogP contribution in [0.15, 0.2) is 29.6 Å². The van der Waals surface area contributed by atoms with Crippen LogP contribution in [0.4, 0.5) is 0 Å². The molecular formula is C9H15IN2O3. The number of carboxylic acids is 1. The molecule has 0 fully saturated rings. The van der Waals surface area contributed by atoms with Crippen LogP contribution < -0.4 is 0 Å². The largest absolute Gasteiger partial charge is 0.481 e. The number of hydrogen-bond acceptors (Lipinski definition) is 4. The van der Waals surface area contributed by atoms with Crippen LogP contribution in [-0.2, 0) is 4.79 Å². The van der Waals surface area contributed by atoms with Gasteiger partial charge in [0.1, 0.15) is 0 Å². The molecule has 0 bridgehead atoms. The number of allylic oxidation sites excluding steroid dienone is 2. The second-order valence-corrected chi connectivity index (χ2v) is 2.67. The van der Waals surface area contributed by atoms with Gasteiger partial charge in [0.15, 0.2) is 0 Å². The standard InChI is InChI=1S/C7H10N2O.C2H4O2.HI/c1-9-5-3-2-4-7(9)6-8-10;1-2(3)4;/h2-7,10H,1H3;1H3,(H,3,4);1H. The molecule has 5 nitrogen and oxygen atoms in total. The number of carboxylic acid groups (broad SMARTS) is 1. The van der Waals surface area contributed by atoms with E-state index >= 15 is 0 Å². The molecule has 1 aliphatic heterocycles. The minimum absolute atomic E-state index is 0. The molecule has 86 valence electrons. The van der Waals surface area contributed by atoms with Gasteiger partial charge in [0, 0.05) is 14.0 Å². The van der Waals surface area contributed by atoms with Crippen molar-refractivity contribution in [3.8, 4) is 0 Å². The van der Waals surface area contributed by atoms with Crippen LogP contribution in [0.25, 0.3) is 0 Å². The number of likely N-dealkylation sites (N-methyl/N-ethyl adjacent to an activating group) is 1. The van der Waals surface area contributed by atoms with Gasteiger partial charge >= 0.3 is 0 Å². The highest BCUT2D eigenvalue weighted by molar-refractivity contribution is 14.0. The summed E-state index contributed by atoms with van der Waals surface area (Å²) in [5.74, 6) is -0.833. The Bertz CT molecular complexity index is 260. The van der Waals surface area contributed by atoms with E-state index in [-0.39, 0.29) is 30.0 Å². The van der Waals surface area contributed by atoms with Crippen molar-refractivity contribution in [3.63, 3.8) is 0 Å². The third kappa shape index (κ3) is 9.26. The van der Waals surface area contributed by atoms with Gasteiger partial charge in [0.05, 0.1) is 12.3 Å². The summed E-state index contributed by atoms with van der Waals surface area (Å²) in [7, 11) is 1.92. The Labute approximate surface area is 106 Å². The summed E-state index contributed by atoms with van der Waals surface area (Å²) in [5.41, 5.74) is 0. The Morgan fingerprint density at radius 1 is 1.53 bits per heavy atom. The summed E-state index contributed by atoms with van der Waals surface area (Å²) < 4.78 is 0. The first kappa shape index (κ1) is 16.4. The van der Waals surface area contributed by atoms with Crippen molar-refractivity contribution in [1.29, 1.82) is 0 Å². The Hall–Kier alpha value is -1.05. The van der Waals surface area contributed by atoms with Crippen molar-refractivity contribution in [3.05, 3.63) is 24.4 Å². The normalized spacial score (nSPS) is 18.0. The smallest absolute Gasteiger partial charge is 0.300 e. The van der Waals surface area contributed by atoms with Crippen molar-refractivity contribution in [1.82, 2.24) is 4.90 Å². The third-order valence-electron chi connectivity index (χ3n) is 1.43. The predicted molar refractivity (Wildman–Crippen MR) is 68.8 cm³/mol. The molecule has 0 saturated heterocycles. The van der Waals surface area contributed by atoms with E-state index in [4.69, 9.17) is 15.1 Å². The van der Waals surface area contributed by atoms with Crippen LogP contribution >= 0.6 is 24.0 Å². The maximum atomic E-state index is 9.00. The molecule has 0 aromatic carbocycles. The van der Waals surface area contributed by atoms with Gasteiger partial charge in [-0.15, -0.1) is 24.0 Å². The number of aliphatic carboxylic acids is 1. The molecular weight excluding hydrogens is 311 g/mol. The summed E-state index contributed by atoms with van der Waals surface area (Å²) in [6.07, 6.45) is 9.19. The van der Waals surface area contributed by atoms with Gasteiger partial charge < -0.3 is 15.2 Å². The van der Waals surface area contributed by atoms with Crippen molar-refractivity contribution < 1.29 is 15.1 Å². The molecule has 0 aliphatic carbocycles. The highest BCUT2D eigenvalue weighted by atomic mass is 127. The van der Waals surface area contributed by atoms with Crippen molar-refractivity contribution in [2.24, 2.45) is 5.16 Å². The van der Waals surface area contributed by atoms with Gasteiger partial charge in [-0.1, -0.05) is 17.3 Å². The molecule has 15 heavy (non-hydrogen) atoms. The number of carbonyl (C=O) groups is 1. The van der Waals surface area contributed by atoms with E-state index in [9.17, 15) is 0 Å². The van der Waals surface area contributed by atoms with Crippen molar-refractivity contribution in [2.45, 2.75) is 13.0 Å². The zero-order valence-electron chi connectivity index (χ0n) is 8.57. The lowest BCUT2D eigenvalue weighted by atomic mass is 10.2. The molecule has 0 aromatic rings. The van der Waals surface area contributed by atoms with Gasteiger partial charge in [-0.25, -0.2) is 0 Å². The highest BCUT2D eigenvalue weighted by Gasteiger charge is 2.05. The number of nitrogens with zero attached hydrogens (tertiary/aromatic N) is 2. The number of rotatable bonds is 1. The highest BCUT2D eigenvalue weighted by Crippen LogP contribution is 2.02. The van der Waals surface area contributed by atoms with Crippen LogP contribution in [0.3, 0.4) is 0 Å². The summed E-state index contributed by atoms with van der Waals surface area (Å²) in [5, 5.41) is 18.6. The van der Waals surface area contributed by atoms with Gasteiger partial charge in [-0.3, -0.25) is 4.79 Å². The van der Waals surface area contributed by atoms with Gasteiger partial charge in [-0.2, -0.15) is 0 Å². The van der Waals surface area contributed by atoms with E-state index in [2.05, 4.69) is 5.16 Å². The molecule has 1 aliphatic rings. The Balaban J connectivity index is 0. The van der Waals surface area contributed by atoms with E-state index in [1.807, 2.05) is 36.4 Å². The minimum atomic E-state index is -0.833. The lowest BCUT2D eigenvalue weighted by molar-refractivity contribution is -0.134. The van der Waals surface area contributed by atoms with E-state index in [1.54, 1.807) is 0 Å². The Morgan fingerprint density at radius 2 is 2.07 bits per heavy atom. The fraction of sp³-hybridized carbons (Fsp3) is 0.333. The van der Waals surface area contributed by atoms with Crippen molar-refractivity contribution >= 4 is 36.2 Å². The maximum absolute atomic E-state index is 9.00. The van der Waals surface area contributed by atoms with E-state index in [0.717, 1.165) is 6.92 Å². The van der Waals surface area contributed by atoms with E-state index in [0.29, 0.717) is 0 Å². The Kier molecular flexibility index (Phi) is 10.4. The van der Waals surface area contributed by atoms with E-state index in [1.165, 1.54) is 6.21 Å². The summed E-state index contributed by atoms with van der Waals surface area (Å²) in [6, 6.07) is 0.0926. The first-order valence-corrected chi connectivity index (χ1v) is 4.02. The van der Waals surface area contributed by atoms with Crippen LogP contribution in [0, 0.1) is 0 Å². The second kappa shape index (κ2) is 9.50. The lowest BCUT2D eigenvalue weighted by Crippen LogP contribution is -2.27. The molecule has 0 saturated carbocycles. The molecule has 0 aromatic heterocycles. The van der Waals surface area contributed by atoms with E-state index < -0.39 is 5.97 Å². The van der Waals surface area contributed by atoms with Crippen LogP contribution in [0.1, 0.15) is 6.92 Å². The van der Waals surface area contributed by atoms with Gasteiger partial charge in [0.25, 0.3) is 5.97 Å². The van der Waals surface area contributed by atoms with Crippen molar-refractivity contribution in [2.75, 3.05) is 7.05 Å². The van der Waals surface area contributed by atoms with Gasteiger partial charge in [-0.05, 0) is 12.3 Å². The third-order valence-corrected chi connectivity index (χ3v) is 1.43. The molecule has 0 radical (unpaired) electrons. The number of hydrogen-bond donors (Lipinski definition) is 2. The molecule has 1 unspecified atom stereocenters. The molecule has 2 N–H and O–H groups in total. The fourth-order valence-corrected chi connectivity index (χ4v) is 0.822. The zero-order chi connectivity index (χ0) is 11.0. The first-order valence-electron chi connectivity index (χ1n) is 4.02.